The summed E-state index contributed by atoms with van der Waals surface area (Å²) in [4.78, 5) is 4.56. The van der Waals surface area contributed by atoms with Crippen molar-refractivity contribution in [2.24, 2.45) is 5.92 Å². The van der Waals surface area contributed by atoms with Crippen LogP contribution in [0.2, 0.25) is 0 Å². The van der Waals surface area contributed by atoms with E-state index in [4.69, 9.17) is 4.74 Å². The van der Waals surface area contributed by atoms with Gasteiger partial charge in [0.2, 0.25) is 0 Å². The summed E-state index contributed by atoms with van der Waals surface area (Å²) in [6, 6.07) is 1.06. The summed E-state index contributed by atoms with van der Waals surface area (Å²) in [6.07, 6.45) is 5.98. The molecule has 23 heavy (non-hydrogen) atoms. The fraction of sp³-hybridized carbons (Fsp3) is 0.778. The van der Waals surface area contributed by atoms with Gasteiger partial charge in [-0.2, -0.15) is 5.10 Å². The molecule has 0 saturated heterocycles. The minimum absolute atomic E-state index is 0.502. The predicted octanol–water partition coefficient (Wildman–Crippen LogP) is 2.85. The normalized spacial score (nSPS) is 26.3. The average Bonchev–Trinajstić information content (AvgIpc) is 2.92. The fourth-order valence-electron chi connectivity index (χ4n) is 3.91. The van der Waals surface area contributed by atoms with Crippen LogP contribution in [0.15, 0.2) is 11.1 Å². The second kappa shape index (κ2) is 7.14. The van der Waals surface area contributed by atoms with Crippen molar-refractivity contribution in [2.45, 2.75) is 78.1 Å². The molecule has 0 unspecified atom stereocenters. The van der Waals surface area contributed by atoms with Crippen molar-refractivity contribution in [3.8, 4) is 0 Å². The highest BCUT2D eigenvalue weighted by Gasteiger charge is 2.27. The van der Waals surface area contributed by atoms with Gasteiger partial charge < -0.3 is 10.1 Å². The molecule has 0 aromatic carbocycles. The zero-order valence-electron chi connectivity index (χ0n) is 14.9. The van der Waals surface area contributed by atoms with Crippen molar-refractivity contribution >= 4 is 0 Å². The maximum Gasteiger partial charge on any atom is 0.176 e. The van der Waals surface area contributed by atoms with Gasteiger partial charge in [0.15, 0.2) is 5.82 Å². The van der Waals surface area contributed by atoms with Crippen LogP contribution < -0.4 is 5.32 Å². The fourth-order valence-corrected chi connectivity index (χ4v) is 3.91. The van der Waals surface area contributed by atoms with Gasteiger partial charge in [-0.15, -0.1) is 0 Å². The van der Waals surface area contributed by atoms with Crippen molar-refractivity contribution < 1.29 is 4.74 Å². The first-order chi connectivity index (χ1) is 11.1. The highest BCUT2D eigenvalue weighted by atomic mass is 16.5. The Bertz CT molecular complexity index is 578. The van der Waals surface area contributed by atoms with Crippen LogP contribution in [0.3, 0.4) is 0 Å². The predicted molar refractivity (Wildman–Crippen MR) is 91.2 cm³/mol. The van der Waals surface area contributed by atoms with E-state index < -0.39 is 0 Å². The summed E-state index contributed by atoms with van der Waals surface area (Å²) in [5.74, 6) is 2.68. The second-order valence-electron chi connectivity index (χ2n) is 7.31. The Labute approximate surface area is 139 Å². The monoisotopic (exact) mass is 318 g/mol. The summed E-state index contributed by atoms with van der Waals surface area (Å²) in [5, 5.41) is 8.43. The van der Waals surface area contributed by atoms with Crippen molar-refractivity contribution in [2.75, 3.05) is 7.11 Å². The molecule has 0 saturated carbocycles. The Balaban J connectivity index is 1.57. The highest BCUT2D eigenvalue weighted by molar-refractivity contribution is 5.14. The van der Waals surface area contributed by atoms with Crippen molar-refractivity contribution in [3.63, 3.8) is 0 Å². The van der Waals surface area contributed by atoms with Gasteiger partial charge in [-0.25, -0.2) is 9.67 Å². The first-order valence-electron chi connectivity index (χ1n) is 8.89. The summed E-state index contributed by atoms with van der Waals surface area (Å²) < 4.78 is 7.20. The van der Waals surface area contributed by atoms with Crippen LogP contribution in [-0.4, -0.2) is 34.0 Å². The van der Waals surface area contributed by atoms with E-state index in [1.54, 1.807) is 18.3 Å². The SMILES string of the molecule is COCc1nc2n(n1)C[C@H](N[C@H](C)[C@H]1CCC(C)=C(C)C1)CC2. The number of aromatic nitrogens is 3. The maximum atomic E-state index is 5.14. The molecule has 5 nitrogen and oxygen atoms in total. The zero-order chi connectivity index (χ0) is 16.4. The number of fused-ring (bicyclic) bond motifs is 1. The van der Waals surface area contributed by atoms with E-state index in [-0.39, 0.29) is 0 Å². The lowest BCUT2D eigenvalue weighted by Crippen LogP contribution is -2.45. The first-order valence-corrected chi connectivity index (χ1v) is 8.89. The summed E-state index contributed by atoms with van der Waals surface area (Å²) >= 11 is 0. The molecule has 1 aliphatic carbocycles. The minimum atomic E-state index is 0.502. The van der Waals surface area contributed by atoms with Crippen LogP contribution in [-0.2, 0) is 24.3 Å². The Hall–Kier alpha value is -1.20. The third-order valence-electron chi connectivity index (χ3n) is 5.57. The number of allylic oxidation sites excluding steroid dienone is 2. The lowest BCUT2D eigenvalue weighted by Gasteiger charge is -2.34. The van der Waals surface area contributed by atoms with Crippen LogP contribution in [0.5, 0.6) is 0 Å². The van der Waals surface area contributed by atoms with Gasteiger partial charge in [0, 0.05) is 25.6 Å². The molecule has 0 amide bonds. The van der Waals surface area contributed by atoms with Crippen molar-refractivity contribution in [1.82, 2.24) is 20.1 Å². The van der Waals surface area contributed by atoms with E-state index >= 15 is 0 Å². The summed E-state index contributed by atoms with van der Waals surface area (Å²) in [7, 11) is 1.69. The van der Waals surface area contributed by atoms with Crippen LogP contribution in [0, 0.1) is 5.92 Å². The van der Waals surface area contributed by atoms with E-state index in [1.165, 1.54) is 19.3 Å². The van der Waals surface area contributed by atoms with Gasteiger partial charge in [-0.1, -0.05) is 11.1 Å². The average molecular weight is 318 g/mol. The van der Waals surface area contributed by atoms with E-state index in [0.29, 0.717) is 18.7 Å². The third-order valence-corrected chi connectivity index (χ3v) is 5.57. The second-order valence-corrected chi connectivity index (χ2v) is 7.31. The lowest BCUT2D eigenvalue weighted by atomic mass is 9.81. The molecule has 5 heteroatoms. The number of ether oxygens (including phenoxy) is 1. The molecule has 1 N–H and O–H groups in total. The van der Waals surface area contributed by atoms with Gasteiger partial charge >= 0.3 is 0 Å². The van der Waals surface area contributed by atoms with Gasteiger partial charge in [0.25, 0.3) is 0 Å². The smallest absolute Gasteiger partial charge is 0.176 e. The molecule has 2 aliphatic rings. The summed E-state index contributed by atoms with van der Waals surface area (Å²) in [6.45, 7) is 8.37. The van der Waals surface area contributed by atoms with Crippen molar-refractivity contribution in [3.05, 3.63) is 22.8 Å². The van der Waals surface area contributed by atoms with Crippen LogP contribution in [0.1, 0.15) is 58.1 Å². The molecule has 1 aliphatic heterocycles. The number of nitrogens with one attached hydrogen (secondary N) is 1. The molecular weight excluding hydrogens is 288 g/mol. The van der Waals surface area contributed by atoms with Gasteiger partial charge in [0.05, 0.1) is 6.54 Å². The molecule has 1 aromatic rings. The topological polar surface area (TPSA) is 52.0 Å². The molecule has 128 valence electrons. The van der Waals surface area contributed by atoms with Gasteiger partial charge in [-0.3, -0.25) is 0 Å². The Morgan fingerprint density at radius 1 is 1.26 bits per heavy atom. The molecule has 0 radical (unpaired) electrons. The molecule has 3 rings (SSSR count). The molecule has 0 fully saturated rings. The number of methoxy groups -OCH3 is 1. The molecule has 2 heterocycles. The van der Waals surface area contributed by atoms with E-state index in [0.717, 1.165) is 37.0 Å². The standard InChI is InChI=1S/C18H30N4O/c1-12-5-6-15(9-13(12)2)14(3)19-16-7-8-18-20-17(11-23-4)21-22(18)10-16/h14-16,19H,5-11H2,1-4H3/t14-,15+,16-/m1/s1. The van der Waals surface area contributed by atoms with E-state index in [2.05, 4.69) is 40.9 Å². The molecule has 0 bridgehead atoms. The van der Waals surface area contributed by atoms with Crippen LogP contribution in [0.25, 0.3) is 0 Å². The van der Waals surface area contributed by atoms with Gasteiger partial charge in [0.1, 0.15) is 12.4 Å². The number of hydrogen-bond acceptors (Lipinski definition) is 4. The highest BCUT2D eigenvalue weighted by Crippen LogP contribution is 2.31. The Kier molecular flexibility index (Phi) is 5.17. The maximum absolute atomic E-state index is 5.14. The van der Waals surface area contributed by atoms with Crippen LogP contribution in [0.4, 0.5) is 0 Å². The number of rotatable bonds is 5. The van der Waals surface area contributed by atoms with Crippen molar-refractivity contribution in [1.29, 1.82) is 0 Å². The quantitative estimate of drug-likeness (QED) is 0.848. The van der Waals surface area contributed by atoms with E-state index in [9.17, 15) is 0 Å². The largest absolute Gasteiger partial charge is 0.377 e. The molecular formula is C18H30N4O. The zero-order valence-corrected chi connectivity index (χ0v) is 14.9. The lowest BCUT2D eigenvalue weighted by molar-refractivity contribution is 0.177. The van der Waals surface area contributed by atoms with Crippen LogP contribution >= 0.6 is 0 Å². The first kappa shape index (κ1) is 16.7. The minimum Gasteiger partial charge on any atom is -0.377 e. The Morgan fingerprint density at radius 3 is 2.83 bits per heavy atom. The van der Waals surface area contributed by atoms with Gasteiger partial charge in [-0.05, 0) is 52.4 Å². The van der Waals surface area contributed by atoms with E-state index in [1.807, 2.05) is 0 Å². The number of aryl methyl sites for hydroxylation is 1. The molecule has 3 atom stereocenters. The third kappa shape index (κ3) is 3.83. The molecule has 1 aromatic heterocycles. The number of nitrogens with zero attached hydrogens (tertiary/aromatic N) is 3. The molecule has 0 spiro atoms. The number of hydrogen-bond donors (Lipinski definition) is 1. The Morgan fingerprint density at radius 2 is 2.09 bits per heavy atom. The summed E-state index contributed by atoms with van der Waals surface area (Å²) in [5.41, 5.74) is 3.20.